The highest BCUT2D eigenvalue weighted by Gasteiger charge is 2.25. The number of benzene rings is 1. The van der Waals surface area contributed by atoms with Gasteiger partial charge in [0.1, 0.15) is 11.8 Å². The molecule has 23 heavy (non-hydrogen) atoms. The second-order valence-corrected chi connectivity index (χ2v) is 6.87. The Balaban J connectivity index is 1.87. The third-order valence-corrected chi connectivity index (χ3v) is 4.80. The van der Waals surface area contributed by atoms with Gasteiger partial charge in [-0.25, -0.2) is 9.97 Å². The molecule has 0 radical (unpaired) electrons. The summed E-state index contributed by atoms with van der Waals surface area (Å²) in [5.74, 6) is 0.872. The van der Waals surface area contributed by atoms with E-state index in [0.29, 0.717) is 6.73 Å². The van der Waals surface area contributed by atoms with Crippen molar-refractivity contribution in [2.75, 3.05) is 39.4 Å². The van der Waals surface area contributed by atoms with Crippen LogP contribution in [0.5, 0.6) is 0 Å². The van der Waals surface area contributed by atoms with Crippen LogP contribution in [-0.4, -0.2) is 49.3 Å². The van der Waals surface area contributed by atoms with Crippen LogP contribution >= 0.6 is 11.8 Å². The van der Waals surface area contributed by atoms with Crippen LogP contribution in [0, 0.1) is 0 Å². The Morgan fingerprint density at radius 1 is 1.22 bits per heavy atom. The van der Waals surface area contributed by atoms with E-state index in [1.165, 1.54) is 10.5 Å². The van der Waals surface area contributed by atoms with E-state index in [2.05, 4.69) is 52.1 Å². The van der Waals surface area contributed by atoms with Crippen molar-refractivity contribution in [1.29, 1.82) is 0 Å². The molecule has 1 aliphatic rings. The molecule has 0 unspecified atom stereocenters. The van der Waals surface area contributed by atoms with Crippen molar-refractivity contribution >= 4 is 23.3 Å². The summed E-state index contributed by atoms with van der Waals surface area (Å²) in [6.07, 6.45) is 5.69. The molecule has 2 aromatic rings. The molecule has 1 aromatic carbocycles. The Hall–Kier alpha value is -1.63. The molecule has 0 fully saturated rings. The highest BCUT2D eigenvalue weighted by Crippen LogP contribution is 2.46. The van der Waals surface area contributed by atoms with Crippen LogP contribution in [0.4, 0.5) is 11.5 Å². The minimum atomic E-state index is 0.473. The molecular formula is C17H22N4OS. The van der Waals surface area contributed by atoms with E-state index in [4.69, 9.17) is 4.74 Å². The molecule has 0 amide bonds. The highest BCUT2D eigenvalue weighted by molar-refractivity contribution is 7.99. The van der Waals surface area contributed by atoms with E-state index in [0.717, 1.165) is 35.9 Å². The number of methoxy groups -OCH3 is 1. The molecule has 0 spiro atoms. The van der Waals surface area contributed by atoms with Gasteiger partial charge in [-0.15, -0.1) is 0 Å². The minimum Gasteiger partial charge on any atom is -0.364 e. The summed E-state index contributed by atoms with van der Waals surface area (Å²) in [5.41, 5.74) is 2.51. The number of hydrogen-bond acceptors (Lipinski definition) is 6. The molecule has 0 saturated heterocycles. The van der Waals surface area contributed by atoms with Crippen molar-refractivity contribution in [3.05, 3.63) is 36.2 Å². The smallest absolute Gasteiger partial charge is 0.168 e. The van der Waals surface area contributed by atoms with Gasteiger partial charge in [0, 0.05) is 24.4 Å². The van der Waals surface area contributed by atoms with Gasteiger partial charge in [-0.2, -0.15) is 0 Å². The van der Waals surface area contributed by atoms with Gasteiger partial charge in [-0.1, -0.05) is 17.8 Å². The third kappa shape index (κ3) is 3.65. The van der Waals surface area contributed by atoms with E-state index < -0.39 is 0 Å². The van der Waals surface area contributed by atoms with Crippen LogP contribution < -0.4 is 4.90 Å². The van der Waals surface area contributed by atoms with Gasteiger partial charge in [-0.05, 0) is 51.2 Å². The van der Waals surface area contributed by atoms with E-state index in [9.17, 15) is 0 Å². The lowest BCUT2D eigenvalue weighted by molar-refractivity contribution is 0.204. The third-order valence-electron chi connectivity index (χ3n) is 3.75. The topological polar surface area (TPSA) is 41.5 Å². The first-order valence-electron chi connectivity index (χ1n) is 7.72. The van der Waals surface area contributed by atoms with Crippen molar-refractivity contribution < 1.29 is 4.74 Å². The molecule has 5 nitrogen and oxygen atoms in total. The normalized spacial score (nSPS) is 13.1. The van der Waals surface area contributed by atoms with Crippen molar-refractivity contribution in [2.24, 2.45) is 0 Å². The number of rotatable bonds is 6. The maximum absolute atomic E-state index is 5.39. The maximum Gasteiger partial charge on any atom is 0.168 e. The Morgan fingerprint density at radius 2 is 2.04 bits per heavy atom. The summed E-state index contributed by atoms with van der Waals surface area (Å²) in [5, 5.41) is 0.928. The Morgan fingerprint density at radius 3 is 2.83 bits per heavy atom. The number of aromatic nitrogens is 2. The fraction of sp³-hybridized carbons (Fsp3) is 0.412. The van der Waals surface area contributed by atoms with Crippen molar-refractivity contribution in [3.63, 3.8) is 0 Å². The van der Waals surface area contributed by atoms with Gasteiger partial charge < -0.3 is 9.64 Å². The van der Waals surface area contributed by atoms with Gasteiger partial charge in [0.05, 0.1) is 5.69 Å². The zero-order valence-corrected chi connectivity index (χ0v) is 14.6. The lowest BCUT2D eigenvalue weighted by Gasteiger charge is -2.30. The molecule has 0 aliphatic carbocycles. The van der Waals surface area contributed by atoms with Crippen LogP contribution in [0.2, 0.25) is 0 Å². The first-order chi connectivity index (χ1) is 11.2. The lowest BCUT2D eigenvalue weighted by atomic mass is 10.1. The molecule has 0 atom stereocenters. The van der Waals surface area contributed by atoms with Gasteiger partial charge in [0.15, 0.2) is 5.82 Å². The second-order valence-electron chi connectivity index (χ2n) is 5.84. The highest BCUT2D eigenvalue weighted by atomic mass is 32.2. The maximum atomic E-state index is 5.39. The van der Waals surface area contributed by atoms with Crippen molar-refractivity contribution in [1.82, 2.24) is 14.9 Å². The average Bonchev–Trinajstić information content (AvgIpc) is 2.55. The first-order valence-corrected chi connectivity index (χ1v) is 8.53. The molecule has 0 saturated carbocycles. The number of aryl methyl sites for hydroxylation is 1. The fourth-order valence-electron chi connectivity index (χ4n) is 2.67. The van der Waals surface area contributed by atoms with Crippen LogP contribution in [0.15, 0.2) is 40.5 Å². The summed E-state index contributed by atoms with van der Waals surface area (Å²) < 4.78 is 5.39. The van der Waals surface area contributed by atoms with Crippen molar-refractivity contribution in [2.45, 2.75) is 22.8 Å². The largest absolute Gasteiger partial charge is 0.364 e. The van der Waals surface area contributed by atoms with E-state index in [-0.39, 0.29) is 0 Å². The van der Waals surface area contributed by atoms with Crippen molar-refractivity contribution in [3.8, 4) is 0 Å². The summed E-state index contributed by atoms with van der Waals surface area (Å²) in [4.78, 5) is 14.4. The molecule has 0 bridgehead atoms. The molecule has 1 aromatic heterocycles. The molecule has 2 heterocycles. The molecule has 3 rings (SSSR count). The van der Waals surface area contributed by atoms with Gasteiger partial charge >= 0.3 is 0 Å². The SMILES string of the molecule is COCN1c2cc(CCCN(C)C)ccc2Sc2nccnc21. The fourth-order valence-corrected chi connectivity index (χ4v) is 3.65. The van der Waals surface area contributed by atoms with E-state index in [1.54, 1.807) is 31.3 Å². The minimum absolute atomic E-state index is 0.473. The average molecular weight is 330 g/mol. The first kappa shape index (κ1) is 16.2. The predicted octanol–water partition coefficient (Wildman–Crippen LogP) is 3.18. The van der Waals surface area contributed by atoms with Gasteiger partial charge in [0.25, 0.3) is 0 Å². The van der Waals surface area contributed by atoms with Crippen LogP contribution in [-0.2, 0) is 11.2 Å². The standard InChI is InChI=1S/C17H22N4OS/c1-20(2)10-4-5-13-6-7-15-14(11-13)21(12-22-3)16-17(23-15)19-9-8-18-16/h6-9,11H,4-5,10,12H2,1-3H3. The van der Waals surface area contributed by atoms with Crippen LogP contribution in [0.1, 0.15) is 12.0 Å². The van der Waals surface area contributed by atoms with E-state index >= 15 is 0 Å². The number of nitrogens with zero attached hydrogens (tertiary/aromatic N) is 4. The number of ether oxygens (including phenoxy) is 1. The van der Waals surface area contributed by atoms with E-state index in [1.807, 2.05) is 0 Å². The zero-order valence-electron chi connectivity index (χ0n) is 13.8. The summed E-state index contributed by atoms with van der Waals surface area (Å²) in [6, 6.07) is 6.66. The zero-order chi connectivity index (χ0) is 16.2. The van der Waals surface area contributed by atoms with Crippen LogP contribution in [0.25, 0.3) is 0 Å². The molecule has 0 N–H and O–H groups in total. The molecule has 122 valence electrons. The number of anilines is 2. The summed E-state index contributed by atoms with van der Waals surface area (Å²) in [6.45, 7) is 1.57. The molecule has 6 heteroatoms. The Labute approximate surface area is 141 Å². The quantitative estimate of drug-likeness (QED) is 0.810. The van der Waals surface area contributed by atoms with Gasteiger partial charge in [-0.3, -0.25) is 4.90 Å². The molecular weight excluding hydrogens is 308 g/mol. The summed E-state index contributed by atoms with van der Waals surface area (Å²) >= 11 is 1.67. The Kier molecular flexibility index (Phi) is 5.15. The van der Waals surface area contributed by atoms with Gasteiger partial charge in [0.2, 0.25) is 0 Å². The Bertz CT molecular complexity index is 677. The lowest BCUT2D eigenvalue weighted by Crippen LogP contribution is -2.24. The second kappa shape index (κ2) is 7.29. The monoisotopic (exact) mass is 330 g/mol. The van der Waals surface area contributed by atoms with Crippen LogP contribution in [0.3, 0.4) is 0 Å². The molecule has 1 aliphatic heterocycles. The number of hydrogen-bond donors (Lipinski definition) is 0. The number of fused-ring (bicyclic) bond motifs is 2. The predicted molar refractivity (Wildman–Crippen MR) is 93.5 cm³/mol. The summed E-state index contributed by atoms with van der Waals surface area (Å²) in [7, 11) is 5.93.